The molecule has 0 rings (SSSR count). The van der Waals surface area contributed by atoms with Crippen molar-refractivity contribution < 1.29 is 19.7 Å². The van der Waals surface area contributed by atoms with Gasteiger partial charge in [0.2, 0.25) is 0 Å². The van der Waals surface area contributed by atoms with Crippen LogP contribution >= 0.6 is 0 Å². The Morgan fingerprint density at radius 3 is 2.33 bits per heavy atom. The molecule has 0 atom stereocenters. The molecule has 0 fully saturated rings. The molecule has 0 aromatic heterocycles. The van der Waals surface area contributed by atoms with Crippen molar-refractivity contribution in [3.8, 4) is 0 Å². The first kappa shape index (κ1) is 11.2. The van der Waals surface area contributed by atoms with Gasteiger partial charge in [0, 0.05) is 5.41 Å². The molecule has 1 amide bonds. The fraction of sp³-hybridized carbons (Fsp3) is 0.857. The zero-order chi connectivity index (χ0) is 9.61. The predicted octanol–water partition coefficient (Wildman–Crippen LogP) is -0.537. The third-order valence-corrected chi connectivity index (χ3v) is 1.71. The number of aliphatic hydroxyl groups is 2. The number of amides is 1. The summed E-state index contributed by atoms with van der Waals surface area (Å²) >= 11 is 0. The maximum absolute atomic E-state index is 10.1. The Morgan fingerprint density at radius 1 is 1.50 bits per heavy atom. The molecule has 0 aliphatic rings. The molecule has 0 heterocycles. The lowest BCUT2D eigenvalue weighted by atomic mass is 9.89. The molecule has 0 aromatic carbocycles. The van der Waals surface area contributed by atoms with Crippen LogP contribution in [0.2, 0.25) is 0 Å². The smallest absolute Gasteiger partial charge is 0.404 e. The second-order valence-electron chi connectivity index (χ2n) is 3.04. The molecule has 5 heteroatoms. The van der Waals surface area contributed by atoms with Crippen molar-refractivity contribution >= 4 is 6.09 Å². The van der Waals surface area contributed by atoms with Gasteiger partial charge < -0.3 is 20.7 Å². The lowest BCUT2D eigenvalue weighted by molar-refractivity contribution is 0.0429. The number of aliphatic hydroxyl groups excluding tert-OH is 2. The average molecular weight is 177 g/mol. The van der Waals surface area contributed by atoms with Gasteiger partial charge >= 0.3 is 6.09 Å². The third kappa shape index (κ3) is 4.15. The first-order valence-electron chi connectivity index (χ1n) is 3.68. The Morgan fingerprint density at radius 2 is 2.00 bits per heavy atom. The van der Waals surface area contributed by atoms with Crippen LogP contribution < -0.4 is 5.73 Å². The SMILES string of the molecule is CC(CO)(CO)CCOC(N)=O. The molecular formula is C7H15NO4. The van der Waals surface area contributed by atoms with Crippen LogP contribution in [0.4, 0.5) is 4.79 Å². The largest absolute Gasteiger partial charge is 0.450 e. The van der Waals surface area contributed by atoms with E-state index in [-0.39, 0.29) is 19.8 Å². The highest BCUT2D eigenvalue weighted by atomic mass is 16.5. The molecule has 0 saturated heterocycles. The fourth-order valence-corrected chi connectivity index (χ4v) is 0.606. The van der Waals surface area contributed by atoms with Gasteiger partial charge in [0.05, 0.1) is 19.8 Å². The number of hydrogen-bond donors (Lipinski definition) is 3. The minimum Gasteiger partial charge on any atom is -0.450 e. The monoisotopic (exact) mass is 177 g/mol. The summed E-state index contributed by atoms with van der Waals surface area (Å²) in [4.78, 5) is 10.1. The van der Waals surface area contributed by atoms with Crippen LogP contribution in [0.3, 0.4) is 0 Å². The molecule has 0 unspecified atom stereocenters. The number of carbonyl (C=O) groups is 1. The molecule has 0 radical (unpaired) electrons. The van der Waals surface area contributed by atoms with Crippen molar-refractivity contribution in [2.24, 2.45) is 11.1 Å². The summed E-state index contributed by atoms with van der Waals surface area (Å²) in [5.41, 5.74) is 4.12. The van der Waals surface area contributed by atoms with E-state index >= 15 is 0 Å². The second-order valence-corrected chi connectivity index (χ2v) is 3.04. The fourth-order valence-electron chi connectivity index (χ4n) is 0.606. The third-order valence-electron chi connectivity index (χ3n) is 1.71. The van der Waals surface area contributed by atoms with Crippen LogP contribution in [0.1, 0.15) is 13.3 Å². The zero-order valence-electron chi connectivity index (χ0n) is 7.12. The van der Waals surface area contributed by atoms with Gasteiger partial charge in [0.25, 0.3) is 0 Å². The molecule has 12 heavy (non-hydrogen) atoms. The highest BCUT2D eigenvalue weighted by Crippen LogP contribution is 2.18. The highest BCUT2D eigenvalue weighted by Gasteiger charge is 2.22. The summed E-state index contributed by atoms with van der Waals surface area (Å²) in [6.07, 6.45) is -0.448. The Kier molecular flexibility index (Phi) is 4.61. The molecule has 72 valence electrons. The van der Waals surface area contributed by atoms with Crippen molar-refractivity contribution in [3.63, 3.8) is 0 Å². The van der Waals surface area contributed by atoms with E-state index in [0.717, 1.165) is 0 Å². The molecule has 0 spiro atoms. The Hall–Kier alpha value is -0.810. The topological polar surface area (TPSA) is 92.8 Å². The normalized spacial score (nSPS) is 11.2. The number of carbonyl (C=O) groups excluding carboxylic acids is 1. The number of primary amides is 1. The lowest BCUT2D eigenvalue weighted by Crippen LogP contribution is -2.28. The number of rotatable bonds is 5. The quantitative estimate of drug-likeness (QED) is 0.526. The average Bonchev–Trinajstić information content (AvgIpc) is 2.03. The van der Waals surface area contributed by atoms with Crippen LogP contribution in [0, 0.1) is 5.41 Å². The second kappa shape index (κ2) is 4.95. The summed E-state index contributed by atoms with van der Waals surface area (Å²) in [5, 5.41) is 17.6. The van der Waals surface area contributed by atoms with Gasteiger partial charge in [-0.1, -0.05) is 6.92 Å². The molecular weight excluding hydrogens is 162 g/mol. The molecule has 0 aliphatic carbocycles. The van der Waals surface area contributed by atoms with E-state index in [1.165, 1.54) is 0 Å². The molecule has 0 saturated carbocycles. The molecule has 0 aromatic rings. The van der Waals surface area contributed by atoms with Gasteiger partial charge in [0.1, 0.15) is 0 Å². The Balaban J connectivity index is 3.65. The van der Waals surface area contributed by atoms with Gasteiger partial charge in [-0.05, 0) is 6.42 Å². The predicted molar refractivity (Wildman–Crippen MR) is 42.4 cm³/mol. The van der Waals surface area contributed by atoms with Gasteiger partial charge in [0.15, 0.2) is 0 Å². The van der Waals surface area contributed by atoms with E-state index < -0.39 is 11.5 Å². The minimum absolute atomic E-state index is 0.118. The van der Waals surface area contributed by atoms with Crippen LogP contribution in [0.15, 0.2) is 0 Å². The first-order valence-corrected chi connectivity index (χ1v) is 3.68. The van der Waals surface area contributed by atoms with Gasteiger partial charge in [-0.3, -0.25) is 0 Å². The molecule has 0 bridgehead atoms. The van der Waals surface area contributed by atoms with Crippen molar-refractivity contribution in [1.82, 2.24) is 0 Å². The summed E-state index contributed by atoms with van der Waals surface area (Å²) in [5.74, 6) is 0. The summed E-state index contributed by atoms with van der Waals surface area (Å²) in [6.45, 7) is 1.52. The van der Waals surface area contributed by atoms with Crippen molar-refractivity contribution in [2.45, 2.75) is 13.3 Å². The highest BCUT2D eigenvalue weighted by molar-refractivity contribution is 5.64. The van der Waals surface area contributed by atoms with Crippen LogP contribution in [0.5, 0.6) is 0 Å². The zero-order valence-corrected chi connectivity index (χ0v) is 7.12. The van der Waals surface area contributed by atoms with Gasteiger partial charge in [-0.25, -0.2) is 4.79 Å². The van der Waals surface area contributed by atoms with Crippen LogP contribution in [-0.2, 0) is 4.74 Å². The molecule has 5 nitrogen and oxygen atoms in total. The van der Waals surface area contributed by atoms with Crippen LogP contribution in [0.25, 0.3) is 0 Å². The molecule has 0 aliphatic heterocycles. The molecule has 4 N–H and O–H groups in total. The van der Waals surface area contributed by atoms with Crippen molar-refractivity contribution in [2.75, 3.05) is 19.8 Å². The Bertz CT molecular complexity index is 144. The Labute approximate surface area is 71.1 Å². The van der Waals surface area contributed by atoms with E-state index in [9.17, 15) is 4.79 Å². The summed E-state index contributed by atoms with van der Waals surface area (Å²) in [6, 6.07) is 0. The van der Waals surface area contributed by atoms with E-state index in [2.05, 4.69) is 4.74 Å². The lowest BCUT2D eigenvalue weighted by Gasteiger charge is -2.23. The number of ether oxygens (including phenoxy) is 1. The number of nitrogens with two attached hydrogens (primary N) is 1. The standard InChI is InChI=1S/C7H15NO4/c1-7(4-9,5-10)2-3-12-6(8)11/h9-10H,2-5H2,1H3,(H2,8,11). The van der Waals surface area contributed by atoms with E-state index in [1.807, 2.05) is 0 Å². The van der Waals surface area contributed by atoms with Crippen LogP contribution in [-0.4, -0.2) is 36.1 Å². The summed E-state index contributed by atoms with van der Waals surface area (Å²) < 4.78 is 4.46. The number of hydrogen-bond acceptors (Lipinski definition) is 4. The first-order chi connectivity index (χ1) is 5.54. The van der Waals surface area contributed by atoms with Gasteiger partial charge in [-0.15, -0.1) is 0 Å². The van der Waals surface area contributed by atoms with E-state index in [0.29, 0.717) is 6.42 Å². The van der Waals surface area contributed by atoms with E-state index in [1.54, 1.807) is 6.92 Å². The van der Waals surface area contributed by atoms with Crippen molar-refractivity contribution in [1.29, 1.82) is 0 Å². The van der Waals surface area contributed by atoms with Gasteiger partial charge in [-0.2, -0.15) is 0 Å². The van der Waals surface area contributed by atoms with E-state index in [4.69, 9.17) is 15.9 Å². The minimum atomic E-state index is -0.840. The summed E-state index contributed by atoms with van der Waals surface area (Å²) in [7, 11) is 0. The van der Waals surface area contributed by atoms with Crippen molar-refractivity contribution in [3.05, 3.63) is 0 Å². The maximum Gasteiger partial charge on any atom is 0.404 e. The maximum atomic E-state index is 10.1.